The van der Waals surface area contributed by atoms with Crippen LogP contribution in [0.15, 0.2) is 36.4 Å². The zero-order valence-electron chi connectivity index (χ0n) is 13.3. The lowest BCUT2D eigenvalue weighted by atomic mass is 10.0. The minimum absolute atomic E-state index is 0.275. The van der Waals surface area contributed by atoms with Crippen LogP contribution in [0.4, 0.5) is 0 Å². The summed E-state index contributed by atoms with van der Waals surface area (Å²) in [6.07, 6.45) is 0.956. The van der Waals surface area contributed by atoms with Crippen LogP contribution < -0.4 is 19.5 Å². The Bertz CT molecular complexity index is 690. The van der Waals surface area contributed by atoms with Crippen LogP contribution in [-0.4, -0.2) is 26.9 Å². The lowest BCUT2D eigenvalue weighted by Gasteiger charge is -2.26. The fourth-order valence-electron chi connectivity index (χ4n) is 2.79. The number of nitrogens with one attached hydrogen (secondary N) is 1. The number of halogens is 1. The maximum Gasteiger partial charge on any atom is 0.179 e. The molecule has 1 aliphatic rings. The molecule has 4 nitrogen and oxygen atoms in total. The van der Waals surface area contributed by atoms with Crippen molar-refractivity contribution in [2.24, 2.45) is 0 Å². The summed E-state index contributed by atoms with van der Waals surface area (Å²) in [5, 5.41) is 4.06. The number of ether oxygens (including phenoxy) is 3. The molecule has 3 rings (SSSR count). The van der Waals surface area contributed by atoms with E-state index in [2.05, 4.69) is 11.4 Å². The van der Waals surface area contributed by atoms with Gasteiger partial charge in [-0.1, -0.05) is 29.8 Å². The first-order chi connectivity index (χ1) is 11.2. The van der Waals surface area contributed by atoms with E-state index in [9.17, 15) is 0 Å². The molecule has 122 valence electrons. The van der Waals surface area contributed by atoms with Crippen molar-refractivity contribution in [3.05, 3.63) is 52.5 Å². The number of rotatable bonds is 5. The van der Waals surface area contributed by atoms with E-state index in [4.69, 9.17) is 25.8 Å². The molecule has 0 spiro atoms. The molecule has 1 aliphatic heterocycles. The van der Waals surface area contributed by atoms with E-state index in [1.165, 1.54) is 5.56 Å². The Labute approximate surface area is 141 Å². The molecular weight excluding hydrogens is 314 g/mol. The van der Waals surface area contributed by atoms with Gasteiger partial charge in [0.1, 0.15) is 12.4 Å². The molecule has 1 atom stereocenters. The third-order valence-electron chi connectivity index (χ3n) is 3.97. The van der Waals surface area contributed by atoms with E-state index < -0.39 is 0 Å². The first-order valence-electron chi connectivity index (χ1n) is 7.55. The van der Waals surface area contributed by atoms with Crippen LogP contribution in [0.5, 0.6) is 17.2 Å². The summed E-state index contributed by atoms with van der Waals surface area (Å²) in [6.45, 7) is 1.36. The monoisotopic (exact) mass is 333 g/mol. The topological polar surface area (TPSA) is 39.7 Å². The maximum absolute atomic E-state index is 6.24. The molecule has 0 amide bonds. The van der Waals surface area contributed by atoms with Crippen molar-refractivity contribution in [2.45, 2.75) is 19.0 Å². The number of methoxy groups -OCH3 is 2. The molecule has 2 aromatic rings. The van der Waals surface area contributed by atoms with Crippen molar-refractivity contribution in [3.8, 4) is 17.2 Å². The minimum Gasteiger partial charge on any atom is -0.493 e. The Balaban J connectivity index is 1.66. The Morgan fingerprint density at radius 3 is 2.83 bits per heavy atom. The van der Waals surface area contributed by atoms with Gasteiger partial charge < -0.3 is 19.5 Å². The van der Waals surface area contributed by atoms with Crippen molar-refractivity contribution in [1.29, 1.82) is 0 Å². The smallest absolute Gasteiger partial charge is 0.179 e. The largest absolute Gasteiger partial charge is 0.493 e. The van der Waals surface area contributed by atoms with E-state index in [0.717, 1.165) is 17.7 Å². The van der Waals surface area contributed by atoms with Gasteiger partial charge in [0, 0.05) is 12.6 Å². The standard InChI is InChI=1S/C18H20ClNO3/c1-21-17-8-12(7-15(19)18(17)22-2)10-20-14-9-13-5-3-4-6-16(13)23-11-14/h3-8,14,20H,9-11H2,1-2H3/t14-/m1/s1. The maximum atomic E-state index is 6.24. The highest BCUT2D eigenvalue weighted by Crippen LogP contribution is 2.36. The molecule has 0 saturated carbocycles. The Morgan fingerprint density at radius 2 is 2.04 bits per heavy atom. The van der Waals surface area contributed by atoms with E-state index >= 15 is 0 Å². The molecule has 0 aliphatic carbocycles. The van der Waals surface area contributed by atoms with Crippen LogP contribution in [-0.2, 0) is 13.0 Å². The number of benzene rings is 2. The molecule has 0 saturated heterocycles. The average Bonchev–Trinajstić information content (AvgIpc) is 2.59. The predicted molar refractivity (Wildman–Crippen MR) is 90.8 cm³/mol. The predicted octanol–water partition coefficient (Wildman–Crippen LogP) is 3.45. The highest BCUT2D eigenvalue weighted by atomic mass is 35.5. The molecule has 0 bridgehead atoms. The van der Waals surface area contributed by atoms with Crippen molar-refractivity contribution in [3.63, 3.8) is 0 Å². The zero-order chi connectivity index (χ0) is 16.2. The molecule has 23 heavy (non-hydrogen) atoms. The Kier molecular flexibility index (Phi) is 4.94. The van der Waals surface area contributed by atoms with Gasteiger partial charge >= 0.3 is 0 Å². The number of hydrogen-bond donors (Lipinski definition) is 1. The van der Waals surface area contributed by atoms with Crippen LogP contribution in [0, 0.1) is 0 Å². The summed E-state index contributed by atoms with van der Waals surface area (Å²) in [6, 6.07) is 12.3. The lowest BCUT2D eigenvalue weighted by molar-refractivity contribution is 0.238. The minimum atomic E-state index is 0.275. The summed E-state index contributed by atoms with van der Waals surface area (Å²) >= 11 is 6.24. The van der Waals surface area contributed by atoms with Crippen LogP contribution in [0.25, 0.3) is 0 Å². The average molecular weight is 334 g/mol. The van der Waals surface area contributed by atoms with Crippen molar-refractivity contribution >= 4 is 11.6 Å². The highest BCUT2D eigenvalue weighted by molar-refractivity contribution is 6.32. The van der Waals surface area contributed by atoms with Gasteiger partial charge in [-0.25, -0.2) is 0 Å². The van der Waals surface area contributed by atoms with Gasteiger partial charge in [0.25, 0.3) is 0 Å². The van der Waals surface area contributed by atoms with Gasteiger partial charge in [0.15, 0.2) is 11.5 Å². The number of hydrogen-bond acceptors (Lipinski definition) is 4. The Morgan fingerprint density at radius 1 is 1.22 bits per heavy atom. The van der Waals surface area contributed by atoms with Gasteiger partial charge in [-0.15, -0.1) is 0 Å². The first-order valence-corrected chi connectivity index (χ1v) is 7.93. The molecule has 0 aromatic heterocycles. The fourth-order valence-corrected chi connectivity index (χ4v) is 3.11. The highest BCUT2D eigenvalue weighted by Gasteiger charge is 2.19. The quantitative estimate of drug-likeness (QED) is 0.909. The van der Waals surface area contributed by atoms with Crippen molar-refractivity contribution < 1.29 is 14.2 Å². The second kappa shape index (κ2) is 7.11. The van der Waals surface area contributed by atoms with Crippen LogP contribution >= 0.6 is 11.6 Å². The van der Waals surface area contributed by atoms with E-state index in [0.29, 0.717) is 29.7 Å². The van der Waals surface area contributed by atoms with Gasteiger partial charge in [-0.2, -0.15) is 0 Å². The zero-order valence-corrected chi connectivity index (χ0v) is 14.0. The van der Waals surface area contributed by atoms with Gasteiger partial charge in [-0.05, 0) is 35.7 Å². The van der Waals surface area contributed by atoms with Crippen molar-refractivity contribution in [2.75, 3.05) is 20.8 Å². The summed E-state index contributed by atoms with van der Waals surface area (Å²) in [5.41, 5.74) is 2.29. The molecule has 1 N–H and O–H groups in total. The molecule has 0 radical (unpaired) electrons. The van der Waals surface area contributed by atoms with E-state index in [1.807, 2.05) is 30.3 Å². The third-order valence-corrected chi connectivity index (χ3v) is 4.25. The molecule has 0 unspecified atom stereocenters. The van der Waals surface area contributed by atoms with Crippen LogP contribution in [0.3, 0.4) is 0 Å². The molecule has 1 heterocycles. The van der Waals surface area contributed by atoms with E-state index in [-0.39, 0.29) is 6.04 Å². The van der Waals surface area contributed by atoms with Crippen molar-refractivity contribution in [1.82, 2.24) is 5.32 Å². The second-order valence-electron chi connectivity index (χ2n) is 5.51. The fraction of sp³-hybridized carbons (Fsp3) is 0.333. The van der Waals surface area contributed by atoms with Gasteiger partial charge in [0.2, 0.25) is 0 Å². The molecule has 0 fully saturated rings. The SMILES string of the molecule is COc1cc(CN[C@H]2COc3ccccc3C2)cc(Cl)c1OC. The van der Waals surface area contributed by atoms with E-state index in [1.54, 1.807) is 14.2 Å². The first kappa shape index (κ1) is 16.0. The van der Waals surface area contributed by atoms with Gasteiger partial charge in [0.05, 0.1) is 19.2 Å². The Hall–Kier alpha value is -1.91. The normalized spacial score (nSPS) is 16.4. The third kappa shape index (κ3) is 3.54. The summed E-state index contributed by atoms with van der Waals surface area (Å²) < 4.78 is 16.4. The number of para-hydroxylation sites is 1. The summed E-state index contributed by atoms with van der Waals surface area (Å²) in [7, 11) is 3.19. The molecule has 2 aromatic carbocycles. The van der Waals surface area contributed by atoms with Gasteiger partial charge in [-0.3, -0.25) is 0 Å². The molecular formula is C18H20ClNO3. The van der Waals surface area contributed by atoms with Crippen LogP contribution in [0.1, 0.15) is 11.1 Å². The summed E-state index contributed by atoms with van der Waals surface area (Å²) in [4.78, 5) is 0. The summed E-state index contributed by atoms with van der Waals surface area (Å²) in [5.74, 6) is 2.19. The molecule has 5 heteroatoms. The van der Waals surface area contributed by atoms with Crippen LogP contribution in [0.2, 0.25) is 5.02 Å². The second-order valence-corrected chi connectivity index (χ2v) is 5.92. The number of fused-ring (bicyclic) bond motifs is 1. The lowest BCUT2D eigenvalue weighted by Crippen LogP contribution is -2.38.